The van der Waals surface area contributed by atoms with E-state index in [2.05, 4.69) is 35.2 Å². The highest BCUT2D eigenvalue weighted by Crippen LogP contribution is 2.13. The fourth-order valence-electron chi connectivity index (χ4n) is 1.70. The maximum absolute atomic E-state index is 5.36. The largest absolute Gasteiger partial charge is 0.380 e. The number of rotatable bonds is 9. The van der Waals surface area contributed by atoms with E-state index in [1.807, 2.05) is 19.2 Å². The van der Waals surface area contributed by atoms with Crippen LogP contribution >= 0.6 is 0 Å². The van der Waals surface area contributed by atoms with Gasteiger partial charge in [0, 0.05) is 38.0 Å². The van der Waals surface area contributed by atoms with Crippen molar-refractivity contribution >= 4 is 5.82 Å². The summed E-state index contributed by atoms with van der Waals surface area (Å²) in [6.07, 6.45) is 2.94. The van der Waals surface area contributed by atoms with E-state index in [1.54, 1.807) is 0 Å². The zero-order chi connectivity index (χ0) is 13.2. The Bertz CT molecular complexity index is 331. The van der Waals surface area contributed by atoms with Crippen LogP contribution in [0.3, 0.4) is 0 Å². The van der Waals surface area contributed by atoms with E-state index in [-0.39, 0.29) is 0 Å². The van der Waals surface area contributed by atoms with Gasteiger partial charge >= 0.3 is 0 Å². The van der Waals surface area contributed by atoms with E-state index in [0.717, 1.165) is 45.1 Å². The molecule has 1 rings (SSSR count). The topological polar surface area (TPSA) is 37.4 Å². The van der Waals surface area contributed by atoms with Crippen LogP contribution in [0.5, 0.6) is 0 Å². The second-order valence-corrected chi connectivity index (χ2v) is 4.37. The summed E-state index contributed by atoms with van der Waals surface area (Å²) in [6, 6.07) is 4.12. The number of nitrogens with one attached hydrogen (secondary N) is 1. The van der Waals surface area contributed by atoms with Crippen LogP contribution in [0.2, 0.25) is 0 Å². The molecule has 102 valence electrons. The summed E-state index contributed by atoms with van der Waals surface area (Å²) in [7, 11) is 2.11. The van der Waals surface area contributed by atoms with Crippen LogP contribution in [0.25, 0.3) is 0 Å². The first kappa shape index (κ1) is 14.9. The Kier molecular flexibility index (Phi) is 7.37. The van der Waals surface area contributed by atoms with E-state index < -0.39 is 0 Å². The molecule has 0 aliphatic carbocycles. The van der Waals surface area contributed by atoms with Crippen LogP contribution in [0.1, 0.15) is 25.8 Å². The summed E-state index contributed by atoms with van der Waals surface area (Å²) < 4.78 is 5.36. The SMILES string of the molecule is CCCNc1ncccc1CN(C)CCOCC. The molecule has 0 saturated carbocycles. The lowest BCUT2D eigenvalue weighted by Gasteiger charge is -2.18. The lowest BCUT2D eigenvalue weighted by atomic mass is 10.2. The molecule has 18 heavy (non-hydrogen) atoms. The van der Waals surface area contributed by atoms with Gasteiger partial charge in [0.25, 0.3) is 0 Å². The highest BCUT2D eigenvalue weighted by molar-refractivity contribution is 5.43. The molecule has 0 aliphatic heterocycles. The average Bonchev–Trinajstić information content (AvgIpc) is 2.38. The zero-order valence-corrected chi connectivity index (χ0v) is 11.8. The lowest BCUT2D eigenvalue weighted by Crippen LogP contribution is -2.23. The molecule has 0 unspecified atom stereocenters. The normalized spacial score (nSPS) is 10.9. The number of hydrogen-bond acceptors (Lipinski definition) is 4. The predicted octanol–water partition coefficient (Wildman–Crippen LogP) is 2.37. The highest BCUT2D eigenvalue weighted by atomic mass is 16.5. The molecular formula is C14H25N3O. The first-order valence-corrected chi connectivity index (χ1v) is 6.72. The Labute approximate surface area is 110 Å². The molecule has 0 atom stereocenters. The van der Waals surface area contributed by atoms with Crippen LogP contribution < -0.4 is 5.32 Å². The zero-order valence-electron chi connectivity index (χ0n) is 11.8. The summed E-state index contributed by atoms with van der Waals surface area (Å²) >= 11 is 0. The third-order valence-electron chi connectivity index (χ3n) is 2.70. The number of anilines is 1. The van der Waals surface area contributed by atoms with Gasteiger partial charge in [-0.1, -0.05) is 13.0 Å². The number of nitrogens with zero attached hydrogens (tertiary/aromatic N) is 2. The minimum absolute atomic E-state index is 0.782. The van der Waals surface area contributed by atoms with Gasteiger partial charge in [0.1, 0.15) is 5.82 Å². The van der Waals surface area contributed by atoms with Gasteiger partial charge < -0.3 is 10.1 Å². The Hall–Kier alpha value is -1.13. The Morgan fingerprint density at radius 2 is 2.22 bits per heavy atom. The monoisotopic (exact) mass is 251 g/mol. The van der Waals surface area contributed by atoms with E-state index in [1.165, 1.54) is 5.56 Å². The molecule has 1 aromatic heterocycles. The van der Waals surface area contributed by atoms with E-state index in [9.17, 15) is 0 Å². The molecule has 0 bridgehead atoms. The molecule has 0 radical (unpaired) electrons. The fourth-order valence-corrected chi connectivity index (χ4v) is 1.70. The van der Waals surface area contributed by atoms with Crippen molar-refractivity contribution < 1.29 is 4.74 Å². The molecule has 1 heterocycles. The maximum Gasteiger partial charge on any atom is 0.130 e. The van der Waals surface area contributed by atoms with E-state index in [4.69, 9.17) is 4.74 Å². The first-order valence-electron chi connectivity index (χ1n) is 6.72. The van der Waals surface area contributed by atoms with E-state index >= 15 is 0 Å². The number of ether oxygens (including phenoxy) is 1. The van der Waals surface area contributed by atoms with Crippen LogP contribution in [-0.4, -0.2) is 43.2 Å². The molecule has 4 nitrogen and oxygen atoms in total. The summed E-state index contributed by atoms with van der Waals surface area (Å²) in [5.41, 5.74) is 1.24. The van der Waals surface area contributed by atoms with Crippen molar-refractivity contribution in [3.8, 4) is 0 Å². The second kappa shape index (κ2) is 8.89. The molecule has 0 amide bonds. The van der Waals surface area contributed by atoms with Gasteiger partial charge in [-0.15, -0.1) is 0 Å². The molecule has 0 aliphatic rings. The van der Waals surface area contributed by atoms with Crippen LogP contribution in [0.4, 0.5) is 5.82 Å². The molecule has 0 saturated heterocycles. The maximum atomic E-state index is 5.36. The van der Waals surface area contributed by atoms with E-state index in [0.29, 0.717) is 0 Å². The Morgan fingerprint density at radius 1 is 1.39 bits per heavy atom. The number of aromatic nitrogens is 1. The second-order valence-electron chi connectivity index (χ2n) is 4.37. The highest BCUT2D eigenvalue weighted by Gasteiger charge is 2.05. The average molecular weight is 251 g/mol. The van der Waals surface area contributed by atoms with Crippen LogP contribution in [0.15, 0.2) is 18.3 Å². The van der Waals surface area contributed by atoms with Gasteiger partial charge in [0.15, 0.2) is 0 Å². The lowest BCUT2D eigenvalue weighted by molar-refractivity contribution is 0.120. The summed E-state index contributed by atoms with van der Waals surface area (Å²) in [6.45, 7) is 8.54. The van der Waals surface area contributed by atoms with Crippen molar-refractivity contribution in [2.24, 2.45) is 0 Å². The number of likely N-dealkylation sites (N-methyl/N-ethyl adjacent to an activating group) is 1. The molecule has 1 aromatic rings. The van der Waals surface area contributed by atoms with Crippen molar-refractivity contribution in [1.82, 2.24) is 9.88 Å². The fraction of sp³-hybridized carbons (Fsp3) is 0.643. The molecule has 0 spiro atoms. The minimum atomic E-state index is 0.782. The van der Waals surface area contributed by atoms with Crippen LogP contribution in [-0.2, 0) is 11.3 Å². The standard InChI is InChI=1S/C14H25N3O/c1-4-8-15-14-13(7-6-9-16-14)12-17(3)10-11-18-5-2/h6-7,9H,4-5,8,10-12H2,1-3H3,(H,15,16). The third kappa shape index (κ3) is 5.47. The summed E-state index contributed by atoms with van der Waals surface area (Å²) in [5.74, 6) is 1.00. The smallest absolute Gasteiger partial charge is 0.130 e. The molecule has 0 aromatic carbocycles. The predicted molar refractivity (Wildman–Crippen MR) is 75.8 cm³/mol. The number of pyridine rings is 1. The summed E-state index contributed by atoms with van der Waals surface area (Å²) in [5, 5.41) is 3.37. The van der Waals surface area contributed by atoms with Crippen molar-refractivity contribution in [3.63, 3.8) is 0 Å². The van der Waals surface area contributed by atoms with Gasteiger partial charge in [-0.25, -0.2) is 4.98 Å². The van der Waals surface area contributed by atoms with Crippen molar-refractivity contribution in [1.29, 1.82) is 0 Å². The Morgan fingerprint density at radius 3 is 2.94 bits per heavy atom. The molecule has 0 fully saturated rings. The quantitative estimate of drug-likeness (QED) is 0.684. The number of hydrogen-bond donors (Lipinski definition) is 1. The third-order valence-corrected chi connectivity index (χ3v) is 2.70. The van der Waals surface area contributed by atoms with Gasteiger partial charge in [0.2, 0.25) is 0 Å². The van der Waals surface area contributed by atoms with Crippen molar-refractivity contribution in [3.05, 3.63) is 23.9 Å². The molecule has 1 N–H and O–H groups in total. The van der Waals surface area contributed by atoms with Crippen molar-refractivity contribution in [2.75, 3.05) is 38.7 Å². The summed E-state index contributed by atoms with van der Waals surface area (Å²) in [4.78, 5) is 6.65. The van der Waals surface area contributed by atoms with Crippen molar-refractivity contribution in [2.45, 2.75) is 26.8 Å². The van der Waals surface area contributed by atoms with Gasteiger partial charge in [-0.3, -0.25) is 4.90 Å². The first-order chi connectivity index (χ1) is 8.77. The van der Waals surface area contributed by atoms with Gasteiger partial charge in [-0.05, 0) is 26.5 Å². The minimum Gasteiger partial charge on any atom is -0.380 e. The van der Waals surface area contributed by atoms with Gasteiger partial charge in [0.05, 0.1) is 6.61 Å². The molecule has 4 heteroatoms. The van der Waals surface area contributed by atoms with Gasteiger partial charge in [-0.2, -0.15) is 0 Å². The molecular weight excluding hydrogens is 226 g/mol. The Balaban J connectivity index is 2.49. The van der Waals surface area contributed by atoms with Crippen LogP contribution in [0, 0.1) is 0 Å².